The van der Waals surface area contributed by atoms with E-state index in [-0.39, 0.29) is 11.1 Å². The molecular formula is C24H30N4O3. The molecule has 1 fully saturated rings. The largest absolute Gasteiger partial charge is 0.492 e. The van der Waals surface area contributed by atoms with E-state index >= 15 is 0 Å². The molecule has 1 saturated carbocycles. The summed E-state index contributed by atoms with van der Waals surface area (Å²) in [5.41, 5.74) is 2.20. The molecule has 0 atom stereocenters. The lowest BCUT2D eigenvalue weighted by molar-refractivity contribution is 0.0690. The highest BCUT2D eigenvalue weighted by molar-refractivity contribution is 5.94. The van der Waals surface area contributed by atoms with Crippen LogP contribution in [-0.4, -0.2) is 58.0 Å². The zero-order chi connectivity index (χ0) is 22.2. The summed E-state index contributed by atoms with van der Waals surface area (Å²) in [4.78, 5) is 18.4. The Morgan fingerprint density at radius 2 is 1.97 bits per heavy atom. The Labute approximate surface area is 182 Å². The summed E-state index contributed by atoms with van der Waals surface area (Å²) in [6, 6.07) is 11.3. The zero-order valence-corrected chi connectivity index (χ0v) is 18.6. The number of fused-ring (bicyclic) bond motifs is 1. The first-order valence-corrected chi connectivity index (χ1v) is 10.7. The van der Waals surface area contributed by atoms with Crippen molar-refractivity contribution in [2.45, 2.75) is 39.0 Å². The first-order chi connectivity index (χ1) is 14.7. The second kappa shape index (κ2) is 8.30. The van der Waals surface area contributed by atoms with Gasteiger partial charge in [0.15, 0.2) is 11.3 Å². The third kappa shape index (κ3) is 4.42. The minimum absolute atomic E-state index is 0.0369. The lowest BCUT2D eigenvalue weighted by Crippen LogP contribution is -2.33. The molecule has 0 unspecified atom stereocenters. The number of carboxylic acid groups (broad SMARTS) is 1. The van der Waals surface area contributed by atoms with E-state index < -0.39 is 5.97 Å². The Balaban J connectivity index is 1.86. The fourth-order valence-electron chi connectivity index (χ4n) is 4.22. The summed E-state index contributed by atoms with van der Waals surface area (Å²) in [5.74, 6) is -0.175. The normalized spacial score (nSPS) is 14.7. The molecular weight excluding hydrogens is 392 g/mol. The van der Waals surface area contributed by atoms with Gasteiger partial charge in [-0.15, -0.1) is 0 Å². The highest BCUT2D eigenvalue weighted by atomic mass is 16.5. The Bertz CT molecular complexity index is 1090. The lowest BCUT2D eigenvalue weighted by atomic mass is 9.82. The number of hydrogen-bond acceptors (Lipinski definition) is 5. The summed E-state index contributed by atoms with van der Waals surface area (Å²) >= 11 is 0. The number of para-hydroxylation sites is 1. The second-order valence-corrected chi connectivity index (χ2v) is 9.46. The number of ether oxygens (including phenoxy) is 1. The van der Waals surface area contributed by atoms with Crippen molar-refractivity contribution in [3.63, 3.8) is 0 Å². The van der Waals surface area contributed by atoms with Crippen LogP contribution < -0.4 is 4.74 Å². The van der Waals surface area contributed by atoms with Crippen LogP contribution in [0.25, 0.3) is 16.7 Å². The predicted molar refractivity (Wildman–Crippen MR) is 120 cm³/mol. The molecule has 4 rings (SSSR count). The van der Waals surface area contributed by atoms with Crippen LogP contribution in [0.3, 0.4) is 0 Å². The van der Waals surface area contributed by atoms with E-state index in [1.165, 1.54) is 6.42 Å². The van der Waals surface area contributed by atoms with E-state index in [0.717, 1.165) is 36.2 Å². The molecule has 3 aromatic rings. The summed E-state index contributed by atoms with van der Waals surface area (Å²) in [5, 5.41) is 15.4. The minimum atomic E-state index is -1.08. The number of aromatic nitrogens is 3. The lowest BCUT2D eigenvalue weighted by Gasteiger charge is -2.28. The number of carbonyl (C=O) groups is 1. The minimum Gasteiger partial charge on any atom is -0.492 e. The maximum atomic E-state index is 11.8. The van der Waals surface area contributed by atoms with E-state index in [0.29, 0.717) is 23.9 Å². The first kappa shape index (κ1) is 21.3. The molecule has 0 bridgehead atoms. The molecule has 0 aliphatic heterocycles. The van der Waals surface area contributed by atoms with E-state index in [9.17, 15) is 9.90 Å². The van der Waals surface area contributed by atoms with Crippen LogP contribution in [0.15, 0.2) is 36.4 Å². The van der Waals surface area contributed by atoms with E-state index in [1.54, 1.807) is 10.7 Å². The molecule has 0 saturated heterocycles. The smallest absolute Gasteiger partial charge is 0.354 e. The fourth-order valence-corrected chi connectivity index (χ4v) is 4.22. The van der Waals surface area contributed by atoms with Gasteiger partial charge in [0.05, 0.1) is 23.4 Å². The van der Waals surface area contributed by atoms with Crippen molar-refractivity contribution in [1.29, 1.82) is 0 Å². The molecule has 0 spiro atoms. The molecule has 1 aromatic carbocycles. The quantitative estimate of drug-likeness (QED) is 0.581. The number of hydrogen-bond donors (Lipinski definition) is 1. The third-order valence-corrected chi connectivity index (χ3v) is 5.70. The Morgan fingerprint density at radius 1 is 1.26 bits per heavy atom. The maximum Gasteiger partial charge on any atom is 0.354 e. The molecule has 1 aliphatic carbocycles. The second-order valence-electron chi connectivity index (χ2n) is 9.46. The van der Waals surface area contributed by atoms with Gasteiger partial charge < -0.3 is 14.7 Å². The van der Waals surface area contributed by atoms with Crippen molar-refractivity contribution in [2.24, 2.45) is 5.41 Å². The Morgan fingerprint density at radius 3 is 2.55 bits per heavy atom. The van der Waals surface area contributed by atoms with Crippen LogP contribution in [0.4, 0.5) is 0 Å². The number of pyridine rings is 1. The van der Waals surface area contributed by atoms with Gasteiger partial charge in [-0.3, -0.25) is 0 Å². The molecule has 7 heteroatoms. The molecule has 0 radical (unpaired) electrons. The molecule has 7 nitrogen and oxygen atoms in total. The molecule has 1 N–H and O–H groups in total. The van der Waals surface area contributed by atoms with Gasteiger partial charge in [0.1, 0.15) is 5.75 Å². The van der Waals surface area contributed by atoms with Crippen LogP contribution in [0.2, 0.25) is 0 Å². The standard InChI is InChI=1S/C24H30N4O3/c1-24(2,14-27(3)4)15-31-19-13-18(23(29)30)25-22-20(19)21(16-9-8-10-16)26-28(22)17-11-6-5-7-12-17/h5-7,11-13,16H,8-10,14-15H2,1-4H3,(H,29,30). The molecule has 2 heterocycles. The van der Waals surface area contributed by atoms with Gasteiger partial charge in [-0.2, -0.15) is 5.10 Å². The average molecular weight is 423 g/mol. The summed E-state index contributed by atoms with van der Waals surface area (Å²) in [6.07, 6.45) is 3.33. The third-order valence-electron chi connectivity index (χ3n) is 5.70. The predicted octanol–water partition coefficient (Wildman–Crippen LogP) is 4.35. The Hall–Kier alpha value is -2.93. The van der Waals surface area contributed by atoms with Crippen molar-refractivity contribution in [3.05, 3.63) is 47.8 Å². The molecule has 1 aliphatic rings. The van der Waals surface area contributed by atoms with Crippen molar-refractivity contribution in [2.75, 3.05) is 27.2 Å². The summed E-state index contributed by atoms with van der Waals surface area (Å²) < 4.78 is 8.06. The Kier molecular flexibility index (Phi) is 5.71. The van der Waals surface area contributed by atoms with Crippen LogP contribution >= 0.6 is 0 Å². The zero-order valence-electron chi connectivity index (χ0n) is 18.6. The number of nitrogens with zero attached hydrogens (tertiary/aromatic N) is 4. The van der Waals surface area contributed by atoms with Crippen molar-refractivity contribution in [3.8, 4) is 11.4 Å². The molecule has 2 aromatic heterocycles. The van der Waals surface area contributed by atoms with Gasteiger partial charge in [-0.1, -0.05) is 38.5 Å². The van der Waals surface area contributed by atoms with Crippen LogP contribution in [0.5, 0.6) is 5.75 Å². The van der Waals surface area contributed by atoms with Gasteiger partial charge in [-0.05, 0) is 39.1 Å². The first-order valence-electron chi connectivity index (χ1n) is 10.7. The summed E-state index contributed by atoms with van der Waals surface area (Å²) in [7, 11) is 4.07. The van der Waals surface area contributed by atoms with E-state index in [4.69, 9.17) is 9.84 Å². The van der Waals surface area contributed by atoms with Crippen LogP contribution in [0, 0.1) is 5.41 Å². The SMILES string of the molecule is CN(C)CC(C)(C)COc1cc(C(=O)O)nc2c1c(C1CCC1)nn2-c1ccccc1. The summed E-state index contributed by atoms with van der Waals surface area (Å²) in [6.45, 7) is 5.60. The molecule has 164 valence electrons. The number of carboxylic acids is 1. The van der Waals surface area contributed by atoms with Crippen LogP contribution in [0.1, 0.15) is 55.2 Å². The van der Waals surface area contributed by atoms with Gasteiger partial charge in [0, 0.05) is 23.9 Å². The van der Waals surface area contributed by atoms with Gasteiger partial charge in [0.2, 0.25) is 0 Å². The van der Waals surface area contributed by atoms with Crippen LogP contribution in [-0.2, 0) is 0 Å². The van der Waals surface area contributed by atoms with Crippen molar-refractivity contribution >= 4 is 17.0 Å². The van der Waals surface area contributed by atoms with Gasteiger partial charge in [0.25, 0.3) is 0 Å². The molecule has 31 heavy (non-hydrogen) atoms. The monoisotopic (exact) mass is 422 g/mol. The average Bonchev–Trinajstić information content (AvgIpc) is 3.04. The topological polar surface area (TPSA) is 80.5 Å². The fraction of sp³-hybridized carbons (Fsp3) is 0.458. The van der Waals surface area contributed by atoms with E-state index in [2.05, 4.69) is 23.7 Å². The number of aromatic carboxylic acids is 1. The van der Waals surface area contributed by atoms with Crippen molar-refractivity contribution < 1.29 is 14.6 Å². The van der Waals surface area contributed by atoms with E-state index in [1.807, 2.05) is 44.4 Å². The maximum absolute atomic E-state index is 11.8. The highest BCUT2D eigenvalue weighted by Crippen LogP contribution is 2.42. The van der Waals surface area contributed by atoms with Gasteiger partial charge in [-0.25, -0.2) is 14.5 Å². The number of rotatable bonds is 8. The van der Waals surface area contributed by atoms with Gasteiger partial charge >= 0.3 is 5.97 Å². The van der Waals surface area contributed by atoms with Crippen molar-refractivity contribution in [1.82, 2.24) is 19.7 Å². The highest BCUT2D eigenvalue weighted by Gasteiger charge is 2.30. The number of benzene rings is 1. The molecule has 0 amide bonds.